The maximum atomic E-state index is 11.5. The maximum Gasteiger partial charge on any atom is 0.408 e. The second kappa shape index (κ2) is 5.58. The number of thiophene rings is 1. The van der Waals surface area contributed by atoms with E-state index in [-0.39, 0.29) is 0 Å². The van der Waals surface area contributed by atoms with Crippen molar-refractivity contribution < 1.29 is 19.4 Å². The molecule has 0 fully saturated rings. The van der Waals surface area contributed by atoms with Gasteiger partial charge in [-0.25, -0.2) is 9.59 Å². The summed E-state index contributed by atoms with van der Waals surface area (Å²) in [7, 11) is 0. The molecule has 0 bridgehead atoms. The van der Waals surface area contributed by atoms with Crippen molar-refractivity contribution in [2.24, 2.45) is 0 Å². The first-order valence-electron chi connectivity index (χ1n) is 5.16. The minimum Gasteiger partial charge on any atom is -0.479 e. The highest BCUT2D eigenvalue weighted by molar-refractivity contribution is 7.16. The first-order chi connectivity index (χ1) is 8.19. The lowest BCUT2D eigenvalue weighted by Gasteiger charge is -2.21. The molecule has 1 aromatic rings. The van der Waals surface area contributed by atoms with E-state index in [1.807, 2.05) is 0 Å². The maximum absolute atomic E-state index is 11.5. The number of hydrogen-bond acceptors (Lipinski definition) is 4. The first-order valence-corrected chi connectivity index (χ1v) is 6.36. The zero-order chi connectivity index (χ0) is 13.9. The van der Waals surface area contributed by atoms with Gasteiger partial charge in [0.1, 0.15) is 5.60 Å². The molecule has 7 heteroatoms. The Morgan fingerprint density at radius 1 is 1.44 bits per heavy atom. The number of carboxylic acid groups (broad SMARTS) is 1. The van der Waals surface area contributed by atoms with Crippen LogP contribution in [0.2, 0.25) is 4.34 Å². The Bertz CT molecular complexity index is 452. The van der Waals surface area contributed by atoms with Gasteiger partial charge in [0.15, 0.2) is 6.04 Å². The van der Waals surface area contributed by atoms with Gasteiger partial charge in [-0.3, -0.25) is 0 Å². The number of aliphatic carboxylic acids is 1. The van der Waals surface area contributed by atoms with E-state index in [1.165, 1.54) is 0 Å². The number of carboxylic acids is 1. The SMILES string of the molecule is CC(C)(C)OC(=O)NC(C(=O)O)c1ccc(Cl)s1. The molecule has 5 nitrogen and oxygen atoms in total. The quantitative estimate of drug-likeness (QED) is 0.897. The number of ether oxygens (including phenoxy) is 1. The summed E-state index contributed by atoms with van der Waals surface area (Å²) in [5.41, 5.74) is -0.680. The van der Waals surface area contributed by atoms with Crippen LogP contribution in [0.5, 0.6) is 0 Å². The van der Waals surface area contributed by atoms with Crippen molar-refractivity contribution in [3.05, 3.63) is 21.3 Å². The zero-order valence-electron chi connectivity index (χ0n) is 10.2. The number of alkyl carbamates (subject to hydrolysis) is 1. The van der Waals surface area contributed by atoms with E-state index < -0.39 is 23.7 Å². The van der Waals surface area contributed by atoms with Crippen molar-refractivity contribution >= 4 is 35.0 Å². The molecule has 0 saturated heterocycles. The minimum atomic E-state index is -1.17. The van der Waals surface area contributed by atoms with Crippen molar-refractivity contribution in [3.8, 4) is 0 Å². The summed E-state index contributed by atoms with van der Waals surface area (Å²) in [5, 5.41) is 11.4. The Balaban J connectivity index is 2.76. The van der Waals surface area contributed by atoms with Crippen LogP contribution in [0.1, 0.15) is 31.7 Å². The summed E-state index contributed by atoms with van der Waals surface area (Å²) in [6.07, 6.45) is -0.778. The van der Waals surface area contributed by atoms with Crippen molar-refractivity contribution in [2.45, 2.75) is 32.4 Å². The molecular weight excluding hydrogens is 278 g/mol. The lowest BCUT2D eigenvalue weighted by Crippen LogP contribution is -2.37. The molecule has 0 spiro atoms. The van der Waals surface area contributed by atoms with Crippen LogP contribution in [-0.2, 0) is 9.53 Å². The molecule has 1 unspecified atom stereocenters. The fourth-order valence-electron chi connectivity index (χ4n) is 1.16. The highest BCUT2D eigenvalue weighted by atomic mass is 35.5. The number of hydrogen-bond donors (Lipinski definition) is 2. The summed E-state index contributed by atoms with van der Waals surface area (Å²) < 4.78 is 5.47. The normalized spacial score (nSPS) is 12.9. The van der Waals surface area contributed by atoms with E-state index in [9.17, 15) is 9.59 Å². The number of nitrogens with one attached hydrogen (secondary N) is 1. The standard InChI is InChI=1S/C11H14ClNO4S/c1-11(2,3)17-10(16)13-8(9(14)15)6-4-5-7(12)18-6/h4-5,8H,1-3H3,(H,13,16)(H,14,15). The van der Waals surface area contributed by atoms with Gasteiger partial charge in [0, 0.05) is 4.88 Å². The molecule has 18 heavy (non-hydrogen) atoms. The molecule has 100 valence electrons. The predicted molar refractivity (Wildman–Crippen MR) is 69.1 cm³/mol. The van der Waals surface area contributed by atoms with E-state index in [0.29, 0.717) is 9.21 Å². The van der Waals surface area contributed by atoms with Gasteiger partial charge >= 0.3 is 12.1 Å². The number of carbonyl (C=O) groups excluding carboxylic acids is 1. The summed E-state index contributed by atoms with van der Waals surface area (Å²) in [6, 6.07) is 1.98. The average molecular weight is 292 g/mol. The van der Waals surface area contributed by atoms with Crippen molar-refractivity contribution in [1.82, 2.24) is 5.32 Å². The third-order valence-electron chi connectivity index (χ3n) is 1.79. The van der Waals surface area contributed by atoms with Gasteiger partial charge < -0.3 is 15.2 Å². The van der Waals surface area contributed by atoms with Crippen molar-refractivity contribution in [1.29, 1.82) is 0 Å². The summed E-state index contributed by atoms with van der Waals surface area (Å²) in [6.45, 7) is 5.10. The molecule has 0 aliphatic carbocycles. The van der Waals surface area contributed by atoms with Crippen LogP contribution in [0.25, 0.3) is 0 Å². The summed E-state index contributed by atoms with van der Waals surface area (Å²) in [4.78, 5) is 23.1. The lowest BCUT2D eigenvalue weighted by atomic mass is 10.2. The number of amides is 1. The van der Waals surface area contributed by atoms with Gasteiger partial charge in [-0.15, -0.1) is 11.3 Å². The van der Waals surface area contributed by atoms with E-state index in [1.54, 1.807) is 32.9 Å². The highest BCUT2D eigenvalue weighted by Crippen LogP contribution is 2.27. The number of halogens is 1. The molecule has 0 saturated carbocycles. The van der Waals surface area contributed by atoms with Crippen LogP contribution in [0.3, 0.4) is 0 Å². The van der Waals surface area contributed by atoms with Gasteiger partial charge in [-0.05, 0) is 32.9 Å². The smallest absolute Gasteiger partial charge is 0.408 e. The van der Waals surface area contributed by atoms with Crippen LogP contribution in [0.4, 0.5) is 4.79 Å². The third kappa shape index (κ3) is 4.54. The molecule has 0 aromatic carbocycles. The molecule has 1 atom stereocenters. The molecule has 0 aliphatic heterocycles. The lowest BCUT2D eigenvalue weighted by molar-refractivity contribution is -0.139. The topological polar surface area (TPSA) is 75.6 Å². The van der Waals surface area contributed by atoms with Crippen LogP contribution in [0, 0.1) is 0 Å². The summed E-state index contributed by atoms with van der Waals surface area (Å²) >= 11 is 6.83. The molecule has 1 aromatic heterocycles. The third-order valence-corrected chi connectivity index (χ3v) is 3.08. The number of carbonyl (C=O) groups is 2. The molecule has 1 rings (SSSR count). The monoisotopic (exact) mass is 291 g/mol. The molecule has 2 N–H and O–H groups in total. The Labute approximate surface area is 114 Å². The second-order valence-corrected chi connectivity index (χ2v) is 6.31. The van der Waals surface area contributed by atoms with E-state index in [4.69, 9.17) is 21.4 Å². The van der Waals surface area contributed by atoms with Crippen molar-refractivity contribution in [2.75, 3.05) is 0 Å². The van der Waals surface area contributed by atoms with E-state index >= 15 is 0 Å². The molecule has 0 aliphatic rings. The Hall–Kier alpha value is -1.27. The predicted octanol–water partition coefficient (Wildman–Crippen LogP) is 3.05. The Kier molecular flexibility index (Phi) is 4.59. The molecule has 0 radical (unpaired) electrons. The van der Waals surface area contributed by atoms with Crippen LogP contribution in [0.15, 0.2) is 12.1 Å². The van der Waals surface area contributed by atoms with Gasteiger partial charge in [0.2, 0.25) is 0 Å². The first kappa shape index (κ1) is 14.8. The molecule has 1 amide bonds. The second-order valence-electron chi connectivity index (χ2n) is 4.56. The van der Waals surface area contributed by atoms with Crippen LogP contribution >= 0.6 is 22.9 Å². The van der Waals surface area contributed by atoms with Gasteiger partial charge in [0.05, 0.1) is 4.34 Å². The fraction of sp³-hybridized carbons (Fsp3) is 0.455. The minimum absolute atomic E-state index is 0.443. The highest BCUT2D eigenvalue weighted by Gasteiger charge is 2.26. The largest absolute Gasteiger partial charge is 0.479 e. The van der Waals surface area contributed by atoms with E-state index in [0.717, 1.165) is 11.3 Å². The fourth-order valence-corrected chi connectivity index (χ4v) is 2.27. The average Bonchev–Trinajstić information content (AvgIpc) is 2.57. The van der Waals surface area contributed by atoms with Gasteiger partial charge in [-0.2, -0.15) is 0 Å². The zero-order valence-corrected chi connectivity index (χ0v) is 11.8. The Morgan fingerprint density at radius 2 is 2.06 bits per heavy atom. The van der Waals surface area contributed by atoms with Crippen molar-refractivity contribution in [3.63, 3.8) is 0 Å². The Morgan fingerprint density at radius 3 is 2.44 bits per heavy atom. The molecular formula is C11H14ClNO4S. The molecule has 1 heterocycles. The summed E-state index contributed by atoms with van der Waals surface area (Å²) in [5.74, 6) is -1.17. The number of rotatable bonds is 3. The van der Waals surface area contributed by atoms with Crippen LogP contribution in [-0.4, -0.2) is 22.8 Å². The van der Waals surface area contributed by atoms with Gasteiger partial charge in [0.25, 0.3) is 0 Å². The van der Waals surface area contributed by atoms with Crippen LogP contribution < -0.4 is 5.32 Å². The van der Waals surface area contributed by atoms with E-state index in [2.05, 4.69) is 5.32 Å². The van der Waals surface area contributed by atoms with Gasteiger partial charge in [-0.1, -0.05) is 11.6 Å².